The Morgan fingerprint density at radius 3 is 2.17 bits per heavy atom. The molecule has 0 aliphatic carbocycles. The molecule has 0 bridgehead atoms. The van der Waals surface area contributed by atoms with E-state index < -0.39 is 5.41 Å². The van der Waals surface area contributed by atoms with Gasteiger partial charge in [-0.1, -0.05) is 71.1 Å². The van der Waals surface area contributed by atoms with Crippen molar-refractivity contribution < 1.29 is 9.59 Å². The Bertz CT molecular complexity index is 498. The molecule has 0 saturated carbocycles. The van der Waals surface area contributed by atoms with Gasteiger partial charge in [-0.15, -0.1) is 0 Å². The molecule has 3 nitrogen and oxygen atoms in total. The van der Waals surface area contributed by atoms with Crippen molar-refractivity contribution in [1.82, 2.24) is 4.90 Å². The maximum absolute atomic E-state index is 12.9. The third kappa shape index (κ3) is 5.49. The summed E-state index contributed by atoms with van der Waals surface area (Å²) < 4.78 is 0. The average Bonchev–Trinajstić information content (AvgIpc) is 2.58. The van der Waals surface area contributed by atoms with Crippen molar-refractivity contribution >= 4 is 11.8 Å². The highest BCUT2D eigenvalue weighted by atomic mass is 16.2. The van der Waals surface area contributed by atoms with Gasteiger partial charge in [-0.2, -0.15) is 0 Å². The number of hydrogen-bond donors (Lipinski definition) is 0. The third-order valence-corrected chi connectivity index (χ3v) is 4.53. The van der Waals surface area contributed by atoms with E-state index in [9.17, 15) is 9.59 Å². The standard InChI is InChI=1S/C20H31NO2/c1-5-7-8-12-16-20(3,15-6-2)19(23)21(4)18(22)17-13-10-9-11-14-17/h9-11,13-14H,5-8,12,15-16H2,1-4H3. The molecular formula is C20H31NO2. The second-order valence-electron chi connectivity index (χ2n) is 6.66. The van der Waals surface area contributed by atoms with Gasteiger partial charge < -0.3 is 0 Å². The second-order valence-corrected chi connectivity index (χ2v) is 6.66. The minimum Gasteiger partial charge on any atom is -0.281 e. The van der Waals surface area contributed by atoms with Crippen LogP contribution in [0, 0.1) is 5.41 Å². The van der Waals surface area contributed by atoms with Gasteiger partial charge in [0.25, 0.3) is 5.91 Å². The Labute approximate surface area is 141 Å². The molecule has 1 aromatic rings. The summed E-state index contributed by atoms with van der Waals surface area (Å²) >= 11 is 0. The number of rotatable bonds is 9. The van der Waals surface area contributed by atoms with Crippen molar-refractivity contribution in [2.45, 2.75) is 65.7 Å². The number of hydrogen-bond acceptors (Lipinski definition) is 2. The maximum Gasteiger partial charge on any atom is 0.260 e. The molecule has 1 aromatic carbocycles. The average molecular weight is 317 g/mol. The van der Waals surface area contributed by atoms with Crippen molar-refractivity contribution in [3.63, 3.8) is 0 Å². The van der Waals surface area contributed by atoms with Gasteiger partial charge in [0.15, 0.2) is 0 Å². The lowest BCUT2D eigenvalue weighted by Crippen LogP contribution is -2.43. The van der Waals surface area contributed by atoms with E-state index in [0.29, 0.717) is 5.56 Å². The van der Waals surface area contributed by atoms with Crippen molar-refractivity contribution in [3.8, 4) is 0 Å². The quantitative estimate of drug-likeness (QED) is 0.597. The number of unbranched alkanes of at least 4 members (excludes halogenated alkanes) is 3. The van der Waals surface area contributed by atoms with Gasteiger partial charge in [0, 0.05) is 18.0 Å². The molecule has 0 spiro atoms. The molecule has 1 rings (SSSR count). The first-order chi connectivity index (χ1) is 11.0. The molecule has 0 fully saturated rings. The van der Waals surface area contributed by atoms with Crippen LogP contribution >= 0.6 is 0 Å². The number of nitrogens with zero attached hydrogens (tertiary/aromatic N) is 1. The molecule has 0 aliphatic rings. The summed E-state index contributed by atoms with van der Waals surface area (Å²) in [6, 6.07) is 9.02. The SMILES string of the molecule is CCCCCCC(C)(CCC)C(=O)N(C)C(=O)c1ccccc1. The molecule has 23 heavy (non-hydrogen) atoms. The summed E-state index contributed by atoms with van der Waals surface area (Å²) in [6.07, 6.45) is 7.21. The van der Waals surface area contributed by atoms with Gasteiger partial charge in [-0.25, -0.2) is 0 Å². The highest BCUT2D eigenvalue weighted by Gasteiger charge is 2.36. The molecule has 0 heterocycles. The van der Waals surface area contributed by atoms with Gasteiger partial charge >= 0.3 is 0 Å². The molecule has 1 atom stereocenters. The van der Waals surface area contributed by atoms with Crippen LogP contribution in [0.25, 0.3) is 0 Å². The number of carbonyl (C=O) groups is 2. The second kappa shape index (κ2) is 9.49. The van der Waals surface area contributed by atoms with Gasteiger partial charge in [0.05, 0.1) is 0 Å². The van der Waals surface area contributed by atoms with E-state index in [2.05, 4.69) is 13.8 Å². The zero-order chi connectivity index (χ0) is 17.3. The predicted octanol–water partition coefficient (Wildman–Crippen LogP) is 5.06. The van der Waals surface area contributed by atoms with Crippen molar-refractivity contribution in [1.29, 1.82) is 0 Å². The fourth-order valence-electron chi connectivity index (χ4n) is 3.10. The first-order valence-electron chi connectivity index (χ1n) is 8.83. The lowest BCUT2D eigenvalue weighted by atomic mass is 9.79. The highest BCUT2D eigenvalue weighted by Crippen LogP contribution is 2.32. The van der Waals surface area contributed by atoms with E-state index in [0.717, 1.165) is 32.1 Å². The van der Waals surface area contributed by atoms with Crippen LogP contribution in [0.1, 0.15) is 76.1 Å². The molecule has 128 valence electrons. The molecule has 2 amide bonds. The molecule has 0 saturated heterocycles. The number of amides is 2. The van der Waals surface area contributed by atoms with Crippen LogP contribution in [0.2, 0.25) is 0 Å². The minimum atomic E-state index is -0.443. The summed E-state index contributed by atoms with van der Waals surface area (Å²) in [4.78, 5) is 26.8. The number of carbonyl (C=O) groups excluding carboxylic acids is 2. The van der Waals surface area contributed by atoms with Crippen LogP contribution in [0.4, 0.5) is 0 Å². The lowest BCUT2D eigenvalue weighted by molar-refractivity contribution is -0.138. The van der Waals surface area contributed by atoms with Crippen LogP contribution in [-0.2, 0) is 4.79 Å². The van der Waals surface area contributed by atoms with Crippen molar-refractivity contribution in [3.05, 3.63) is 35.9 Å². The van der Waals surface area contributed by atoms with Crippen molar-refractivity contribution in [2.24, 2.45) is 5.41 Å². The van der Waals surface area contributed by atoms with Crippen LogP contribution < -0.4 is 0 Å². The van der Waals surface area contributed by atoms with Crippen LogP contribution in [0.15, 0.2) is 30.3 Å². The zero-order valence-corrected chi connectivity index (χ0v) is 15.1. The minimum absolute atomic E-state index is 0.0512. The predicted molar refractivity (Wildman–Crippen MR) is 95.3 cm³/mol. The molecule has 0 aromatic heterocycles. The highest BCUT2D eigenvalue weighted by molar-refractivity contribution is 6.05. The van der Waals surface area contributed by atoms with E-state index in [-0.39, 0.29) is 11.8 Å². The van der Waals surface area contributed by atoms with E-state index in [1.807, 2.05) is 25.1 Å². The summed E-state index contributed by atoms with van der Waals surface area (Å²) in [6.45, 7) is 6.29. The van der Waals surface area contributed by atoms with Crippen LogP contribution in [-0.4, -0.2) is 23.8 Å². The van der Waals surface area contributed by atoms with Gasteiger partial charge in [0.2, 0.25) is 5.91 Å². The smallest absolute Gasteiger partial charge is 0.260 e. The van der Waals surface area contributed by atoms with E-state index >= 15 is 0 Å². The Morgan fingerprint density at radius 1 is 0.957 bits per heavy atom. The Morgan fingerprint density at radius 2 is 1.61 bits per heavy atom. The summed E-state index contributed by atoms with van der Waals surface area (Å²) in [7, 11) is 1.61. The first kappa shape index (κ1) is 19.4. The summed E-state index contributed by atoms with van der Waals surface area (Å²) in [5, 5.41) is 0. The molecule has 0 aliphatic heterocycles. The Balaban J connectivity index is 2.80. The molecule has 0 radical (unpaired) electrons. The molecular weight excluding hydrogens is 286 g/mol. The summed E-state index contributed by atoms with van der Waals surface area (Å²) in [5.41, 5.74) is 0.120. The number of imide groups is 1. The van der Waals surface area contributed by atoms with Gasteiger partial charge in [-0.3, -0.25) is 14.5 Å². The van der Waals surface area contributed by atoms with Gasteiger partial charge in [0.1, 0.15) is 0 Å². The van der Waals surface area contributed by atoms with E-state index in [1.54, 1.807) is 19.2 Å². The fourth-order valence-corrected chi connectivity index (χ4v) is 3.10. The Hall–Kier alpha value is -1.64. The van der Waals surface area contributed by atoms with E-state index in [4.69, 9.17) is 0 Å². The monoisotopic (exact) mass is 317 g/mol. The fraction of sp³-hybridized carbons (Fsp3) is 0.600. The largest absolute Gasteiger partial charge is 0.281 e. The molecule has 0 N–H and O–H groups in total. The molecule has 1 unspecified atom stereocenters. The summed E-state index contributed by atoms with van der Waals surface area (Å²) in [5.74, 6) is -0.267. The Kier molecular flexibility index (Phi) is 8.01. The normalized spacial score (nSPS) is 13.4. The van der Waals surface area contributed by atoms with Crippen LogP contribution in [0.3, 0.4) is 0 Å². The topological polar surface area (TPSA) is 37.4 Å². The molecule has 3 heteroatoms. The third-order valence-electron chi connectivity index (χ3n) is 4.53. The van der Waals surface area contributed by atoms with Gasteiger partial charge in [-0.05, 0) is 25.0 Å². The lowest BCUT2D eigenvalue weighted by Gasteiger charge is -2.32. The maximum atomic E-state index is 12.9. The zero-order valence-electron chi connectivity index (χ0n) is 15.1. The first-order valence-corrected chi connectivity index (χ1v) is 8.83. The van der Waals surface area contributed by atoms with Crippen molar-refractivity contribution in [2.75, 3.05) is 7.05 Å². The van der Waals surface area contributed by atoms with E-state index in [1.165, 1.54) is 17.7 Å². The van der Waals surface area contributed by atoms with Crippen LogP contribution in [0.5, 0.6) is 0 Å². The number of benzene rings is 1.